The van der Waals surface area contributed by atoms with Gasteiger partial charge in [0, 0.05) is 7.11 Å². The molecule has 1 saturated heterocycles. The quantitative estimate of drug-likeness (QED) is 0.600. The van der Waals surface area contributed by atoms with Crippen LogP contribution in [0.5, 0.6) is 0 Å². The molecule has 0 saturated carbocycles. The number of rotatable bonds is 7. The van der Waals surface area contributed by atoms with Crippen LogP contribution in [0.3, 0.4) is 0 Å². The summed E-state index contributed by atoms with van der Waals surface area (Å²) in [4.78, 5) is 0. The molecule has 31 heavy (non-hydrogen) atoms. The highest BCUT2D eigenvalue weighted by Crippen LogP contribution is 2.34. The van der Waals surface area contributed by atoms with E-state index in [-0.39, 0.29) is 12.2 Å². The standard InChI is InChI=1S/C24H30O6Si/c1-25-24-23(27-17-19-12-8-5-9-13-19)22(26-16-18-10-6-4-7-11-18)21-20(29-24)14-15-28-31(2,3)30-21/h4-15,20-24H,16-17H2,1-3H3/t20-,21-,22+,23-,24+/m1/s1. The van der Waals surface area contributed by atoms with Gasteiger partial charge < -0.3 is 27.8 Å². The number of benzene rings is 2. The first-order chi connectivity index (χ1) is 15.1. The normalized spacial score (nSPS) is 29.6. The van der Waals surface area contributed by atoms with E-state index < -0.39 is 27.1 Å². The van der Waals surface area contributed by atoms with Gasteiger partial charge in [-0.25, -0.2) is 0 Å². The Bertz CT molecular complexity index is 844. The zero-order valence-corrected chi connectivity index (χ0v) is 19.2. The van der Waals surface area contributed by atoms with Crippen molar-refractivity contribution in [1.82, 2.24) is 0 Å². The lowest BCUT2D eigenvalue weighted by Crippen LogP contribution is -2.61. The maximum Gasteiger partial charge on any atom is 0.392 e. The van der Waals surface area contributed by atoms with Crippen LogP contribution < -0.4 is 0 Å². The Morgan fingerprint density at radius 3 is 2.00 bits per heavy atom. The second-order valence-electron chi connectivity index (χ2n) is 8.16. The highest BCUT2D eigenvalue weighted by molar-refractivity contribution is 6.64. The van der Waals surface area contributed by atoms with Crippen LogP contribution in [-0.2, 0) is 41.0 Å². The van der Waals surface area contributed by atoms with Crippen LogP contribution in [0, 0.1) is 0 Å². The summed E-state index contributed by atoms with van der Waals surface area (Å²) in [5.41, 5.74) is 2.15. The molecule has 2 aromatic rings. The SMILES string of the molecule is CO[C@H]1O[C@@H]2C=CO[Si](C)(C)O[C@H]2[C@H](OCc2ccccc2)[C@H]1OCc1ccccc1. The zero-order valence-electron chi connectivity index (χ0n) is 18.2. The Labute approximate surface area is 184 Å². The molecule has 2 aliphatic heterocycles. The van der Waals surface area contributed by atoms with E-state index in [1.165, 1.54) is 0 Å². The van der Waals surface area contributed by atoms with Gasteiger partial charge in [0.2, 0.25) is 0 Å². The third-order valence-corrected chi connectivity index (χ3v) is 6.92. The van der Waals surface area contributed by atoms with Crippen molar-refractivity contribution in [3.63, 3.8) is 0 Å². The molecule has 2 aliphatic rings. The van der Waals surface area contributed by atoms with E-state index in [1.807, 2.05) is 79.8 Å². The summed E-state index contributed by atoms with van der Waals surface area (Å²) in [5, 5.41) is 0. The Kier molecular flexibility index (Phi) is 7.22. The molecule has 2 heterocycles. The van der Waals surface area contributed by atoms with Gasteiger partial charge in [0.25, 0.3) is 0 Å². The van der Waals surface area contributed by atoms with E-state index in [1.54, 1.807) is 13.4 Å². The van der Waals surface area contributed by atoms with Gasteiger partial charge >= 0.3 is 8.56 Å². The van der Waals surface area contributed by atoms with E-state index in [4.69, 9.17) is 27.8 Å². The Hall–Kier alpha value is -2.00. The lowest BCUT2D eigenvalue weighted by molar-refractivity contribution is -0.299. The fourth-order valence-electron chi connectivity index (χ4n) is 3.85. The predicted molar refractivity (Wildman–Crippen MR) is 118 cm³/mol. The summed E-state index contributed by atoms with van der Waals surface area (Å²) in [6.07, 6.45) is 1.39. The number of methoxy groups -OCH3 is 1. The molecular formula is C24H30O6Si. The molecule has 0 N–H and O–H groups in total. The molecule has 0 bridgehead atoms. The van der Waals surface area contributed by atoms with Crippen LogP contribution in [0.4, 0.5) is 0 Å². The fraction of sp³-hybridized carbons (Fsp3) is 0.417. The molecule has 0 aliphatic carbocycles. The minimum absolute atomic E-state index is 0.350. The summed E-state index contributed by atoms with van der Waals surface area (Å²) < 4.78 is 36.9. The third-order valence-electron chi connectivity index (χ3n) is 5.37. The molecule has 0 unspecified atom stereocenters. The molecule has 7 heteroatoms. The van der Waals surface area contributed by atoms with Crippen molar-refractivity contribution in [2.75, 3.05) is 7.11 Å². The zero-order chi connectivity index (χ0) is 21.7. The van der Waals surface area contributed by atoms with Crippen LogP contribution in [-0.4, -0.2) is 46.4 Å². The van der Waals surface area contributed by atoms with E-state index in [9.17, 15) is 0 Å². The van der Waals surface area contributed by atoms with Crippen molar-refractivity contribution in [1.29, 1.82) is 0 Å². The first-order valence-corrected chi connectivity index (χ1v) is 13.4. The van der Waals surface area contributed by atoms with Gasteiger partial charge in [0.1, 0.15) is 24.4 Å². The topological polar surface area (TPSA) is 55.4 Å². The molecule has 0 aromatic heterocycles. The third kappa shape index (κ3) is 5.63. The first-order valence-electron chi connectivity index (χ1n) is 10.6. The maximum atomic E-state index is 6.45. The van der Waals surface area contributed by atoms with Gasteiger partial charge in [-0.2, -0.15) is 0 Å². The number of hydrogen-bond donors (Lipinski definition) is 0. The van der Waals surface area contributed by atoms with Crippen LogP contribution in [0.15, 0.2) is 73.0 Å². The largest absolute Gasteiger partial charge is 0.527 e. The predicted octanol–water partition coefficient (Wildman–Crippen LogP) is 4.16. The Morgan fingerprint density at radius 1 is 0.839 bits per heavy atom. The van der Waals surface area contributed by atoms with Gasteiger partial charge in [0.15, 0.2) is 6.29 Å². The number of fused-ring (bicyclic) bond motifs is 1. The summed E-state index contributed by atoms with van der Waals surface area (Å²) in [6, 6.07) is 20.1. The summed E-state index contributed by atoms with van der Waals surface area (Å²) in [7, 11) is -0.771. The average molecular weight is 443 g/mol. The van der Waals surface area contributed by atoms with Gasteiger partial charge in [-0.1, -0.05) is 60.7 Å². The fourth-order valence-corrected chi connectivity index (χ4v) is 5.24. The maximum absolute atomic E-state index is 6.45. The second kappa shape index (κ2) is 10.1. The van der Waals surface area contributed by atoms with Crippen molar-refractivity contribution >= 4 is 8.56 Å². The van der Waals surface area contributed by atoms with E-state index >= 15 is 0 Å². The van der Waals surface area contributed by atoms with Crippen molar-refractivity contribution < 1.29 is 27.8 Å². The molecule has 2 aromatic carbocycles. The van der Waals surface area contributed by atoms with Gasteiger partial charge in [-0.15, -0.1) is 0 Å². The molecule has 4 rings (SSSR count). The Balaban J connectivity index is 1.58. The van der Waals surface area contributed by atoms with Gasteiger partial charge in [-0.05, 0) is 30.3 Å². The van der Waals surface area contributed by atoms with Crippen molar-refractivity contribution in [3.05, 3.63) is 84.1 Å². The van der Waals surface area contributed by atoms with Crippen LogP contribution in [0.2, 0.25) is 13.1 Å². The second-order valence-corrected chi connectivity index (χ2v) is 11.4. The summed E-state index contributed by atoms with van der Waals surface area (Å²) in [6.45, 7) is 4.88. The smallest absolute Gasteiger partial charge is 0.392 e. The number of hydrogen-bond acceptors (Lipinski definition) is 6. The van der Waals surface area contributed by atoms with Crippen molar-refractivity contribution in [2.45, 2.75) is 57.0 Å². The average Bonchev–Trinajstić information content (AvgIpc) is 2.94. The van der Waals surface area contributed by atoms with Crippen molar-refractivity contribution in [3.8, 4) is 0 Å². The highest BCUT2D eigenvalue weighted by atomic mass is 28.4. The first kappa shape index (κ1) is 22.2. The summed E-state index contributed by atoms with van der Waals surface area (Å²) in [5.74, 6) is 0. The lowest BCUT2D eigenvalue weighted by atomic mass is 9.98. The van der Waals surface area contributed by atoms with Gasteiger partial charge in [-0.3, -0.25) is 0 Å². The minimum atomic E-state index is -2.39. The summed E-state index contributed by atoms with van der Waals surface area (Å²) >= 11 is 0. The van der Waals surface area contributed by atoms with Crippen LogP contribution >= 0.6 is 0 Å². The van der Waals surface area contributed by atoms with Crippen LogP contribution in [0.1, 0.15) is 11.1 Å². The van der Waals surface area contributed by atoms with E-state index in [0.717, 1.165) is 11.1 Å². The molecule has 1 fully saturated rings. The highest BCUT2D eigenvalue weighted by Gasteiger charge is 2.51. The molecule has 0 radical (unpaired) electrons. The van der Waals surface area contributed by atoms with E-state index in [0.29, 0.717) is 13.2 Å². The Morgan fingerprint density at radius 2 is 1.42 bits per heavy atom. The lowest BCUT2D eigenvalue weighted by Gasteiger charge is -2.45. The van der Waals surface area contributed by atoms with Crippen LogP contribution in [0.25, 0.3) is 0 Å². The van der Waals surface area contributed by atoms with E-state index in [2.05, 4.69) is 0 Å². The monoisotopic (exact) mass is 442 g/mol. The minimum Gasteiger partial charge on any atom is -0.527 e. The molecular weight excluding hydrogens is 412 g/mol. The molecule has 0 amide bonds. The molecule has 166 valence electrons. The molecule has 6 nitrogen and oxygen atoms in total. The van der Waals surface area contributed by atoms with Gasteiger partial charge in [0.05, 0.1) is 19.5 Å². The molecule has 0 spiro atoms. The molecule has 5 atom stereocenters. The van der Waals surface area contributed by atoms with Crippen molar-refractivity contribution in [2.24, 2.45) is 0 Å². The number of ether oxygens (including phenoxy) is 4.